The number of ether oxygens (including phenoxy) is 2. The van der Waals surface area contributed by atoms with E-state index in [1.54, 1.807) is 14.2 Å². The maximum atomic E-state index is 5.62. The first-order chi connectivity index (χ1) is 10.0. The molecule has 2 rings (SSSR count). The molecule has 0 aliphatic heterocycles. The van der Waals surface area contributed by atoms with Crippen LogP contribution in [0.25, 0.3) is 0 Å². The van der Waals surface area contributed by atoms with Crippen LogP contribution >= 0.6 is 28.1 Å². The molecule has 4 nitrogen and oxygen atoms in total. The standard InChI is InChI=1S/C15H15BrN2O2S/c1-19-10-4-6-13(14(8-10)20-2)18-12-5-3-9(15(17)21)7-11(12)16/h3-8,18H,1-2H3,(H2,17,21). The van der Waals surface area contributed by atoms with Gasteiger partial charge in [0.2, 0.25) is 0 Å². The number of benzene rings is 2. The minimum Gasteiger partial charge on any atom is -0.497 e. The van der Waals surface area contributed by atoms with E-state index in [9.17, 15) is 0 Å². The first-order valence-corrected chi connectivity index (χ1v) is 7.33. The number of rotatable bonds is 5. The molecule has 0 radical (unpaired) electrons. The van der Waals surface area contributed by atoms with E-state index in [4.69, 9.17) is 27.4 Å². The van der Waals surface area contributed by atoms with Crippen LogP contribution in [0.2, 0.25) is 0 Å². The lowest BCUT2D eigenvalue weighted by Crippen LogP contribution is -2.09. The molecule has 0 unspecified atom stereocenters. The quantitative estimate of drug-likeness (QED) is 0.787. The molecule has 0 bridgehead atoms. The largest absolute Gasteiger partial charge is 0.497 e. The van der Waals surface area contributed by atoms with Gasteiger partial charge in [-0.25, -0.2) is 0 Å². The third-order valence-electron chi connectivity index (χ3n) is 2.93. The van der Waals surface area contributed by atoms with Crippen molar-refractivity contribution in [1.29, 1.82) is 0 Å². The van der Waals surface area contributed by atoms with E-state index in [-0.39, 0.29) is 0 Å². The summed E-state index contributed by atoms with van der Waals surface area (Å²) in [7, 11) is 3.23. The van der Waals surface area contributed by atoms with E-state index in [1.165, 1.54) is 0 Å². The Morgan fingerprint density at radius 3 is 2.38 bits per heavy atom. The van der Waals surface area contributed by atoms with Crippen molar-refractivity contribution in [2.75, 3.05) is 19.5 Å². The molecule has 0 aliphatic carbocycles. The average molecular weight is 367 g/mol. The molecule has 0 aliphatic rings. The van der Waals surface area contributed by atoms with Gasteiger partial charge in [-0.3, -0.25) is 0 Å². The lowest BCUT2D eigenvalue weighted by Gasteiger charge is -2.14. The van der Waals surface area contributed by atoms with Crippen LogP contribution in [-0.4, -0.2) is 19.2 Å². The number of nitrogens with one attached hydrogen (secondary N) is 1. The number of thiocarbonyl (C=S) groups is 1. The molecule has 0 spiro atoms. The van der Waals surface area contributed by atoms with E-state index >= 15 is 0 Å². The van der Waals surface area contributed by atoms with E-state index in [0.717, 1.165) is 27.2 Å². The molecule has 0 saturated heterocycles. The first kappa shape index (κ1) is 15.6. The van der Waals surface area contributed by atoms with Crippen LogP contribution in [-0.2, 0) is 0 Å². The zero-order valence-electron chi connectivity index (χ0n) is 11.6. The van der Waals surface area contributed by atoms with Gasteiger partial charge in [-0.05, 0) is 46.3 Å². The fourth-order valence-corrected chi connectivity index (χ4v) is 2.42. The number of methoxy groups -OCH3 is 2. The zero-order chi connectivity index (χ0) is 15.4. The van der Waals surface area contributed by atoms with Crippen LogP contribution in [0, 0.1) is 0 Å². The predicted molar refractivity (Wildman–Crippen MR) is 92.9 cm³/mol. The van der Waals surface area contributed by atoms with Crippen molar-refractivity contribution in [2.24, 2.45) is 5.73 Å². The minimum atomic E-state index is 0.365. The Balaban J connectivity index is 2.32. The second kappa shape index (κ2) is 6.78. The molecule has 21 heavy (non-hydrogen) atoms. The summed E-state index contributed by atoms with van der Waals surface area (Å²) >= 11 is 8.47. The fraction of sp³-hybridized carbons (Fsp3) is 0.133. The second-order valence-corrected chi connectivity index (χ2v) is 5.54. The van der Waals surface area contributed by atoms with Gasteiger partial charge < -0.3 is 20.5 Å². The van der Waals surface area contributed by atoms with Gasteiger partial charge in [0, 0.05) is 16.1 Å². The summed E-state index contributed by atoms with van der Waals surface area (Å²) in [6.07, 6.45) is 0. The van der Waals surface area contributed by atoms with Gasteiger partial charge in [0.25, 0.3) is 0 Å². The lowest BCUT2D eigenvalue weighted by molar-refractivity contribution is 0.395. The third-order valence-corrected chi connectivity index (χ3v) is 3.82. The summed E-state index contributed by atoms with van der Waals surface area (Å²) in [6, 6.07) is 11.2. The number of anilines is 2. The Hall–Kier alpha value is -1.79. The predicted octanol–water partition coefficient (Wildman–Crippen LogP) is 3.84. The molecule has 3 N–H and O–H groups in total. The molecular weight excluding hydrogens is 352 g/mol. The lowest BCUT2D eigenvalue weighted by atomic mass is 10.2. The molecule has 0 heterocycles. The van der Waals surface area contributed by atoms with E-state index in [2.05, 4.69) is 21.2 Å². The van der Waals surface area contributed by atoms with Gasteiger partial charge in [0.05, 0.1) is 25.6 Å². The summed E-state index contributed by atoms with van der Waals surface area (Å²) in [5.41, 5.74) is 8.15. The third kappa shape index (κ3) is 3.65. The smallest absolute Gasteiger partial charge is 0.145 e. The van der Waals surface area contributed by atoms with Crippen molar-refractivity contribution in [3.05, 3.63) is 46.4 Å². The van der Waals surface area contributed by atoms with Crippen molar-refractivity contribution < 1.29 is 9.47 Å². The van der Waals surface area contributed by atoms with Crippen LogP contribution in [0.5, 0.6) is 11.5 Å². The zero-order valence-corrected chi connectivity index (χ0v) is 14.0. The highest BCUT2D eigenvalue weighted by Crippen LogP contribution is 2.34. The molecule has 2 aromatic rings. The van der Waals surface area contributed by atoms with E-state index < -0.39 is 0 Å². The van der Waals surface area contributed by atoms with Gasteiger partial charge in [-0.15, -0.1) is 0 Å². The summed E-state index contributed by atoms with van der Waals surface area (Å²) in [5.74, 6) is 1.43. The van der Waals surface area contributed by atoms with Gasteiger partial charge in [0.15, 0.2) is 0 Å². The molecule has 0 aromatic heterocycles. The van der Waals surface area contributed by atoms with Crippen molar-refractivity contribution in [3.63, 3.8) is 0 Å². The van der Waals surface area contributed by atoms with Gasteiger partial charge in [0.1, 0.15) is 16.5 Å². The Morgan fingerprint density at radius 1 is 1.10 bits per heavy atom. The highest BCUT2D eigenvalue weighted by molar-refractivity contribution is 9.10. The first-order valence-electron chi connectivity index (χ1n) is 6.13. The summed E-state index contributed by atoms with van der Waals surface area (Å²) in [6.45, 7) is 0. The molecule has 0 fully saturated rings. The van der Waals surface area contributed by atoms with Crippen molar-refractivity contribution in [2.45, 2.75) is 0 Å². The molecule has 0 saturated carbocycles. The summed E-state index contributed by atoms with van der Waals surface area (Å²) in [4.78, 5) is 0.365. The maximum Gasteiger partial charge on any atom is 0.145 e. The monoisotopic (exact) mass is 366 g/mol. The van der Waals surface area contributed by atoms with Gasteiger partial charge in [-0.2, -0.15) is 0 Å². The summed E-state index contributed by atoms with van der Waals surface area (Å²) in [5, 5.41) is 3.30. The van der Waals surface area contributed by atoms with Gasteiger partial charge >= 0.3 is 0 Å². The molecule has 0 amide bonds. The number of hydrogen-bond donors (Lipinski definition) is 2. The highest BCUT2D eigenvalue weighted by atomic mass is 79.9. The molecule has 110 valence electrons. The van der Waals surface area contributed by atoms with Crippen LogP contribution in [0.15, 0.2) is 40.9 Å². The topological polar surface area (TPSA) is 56.5 Å². The Labute approximate surface area is 137 Å². The van der Waals surface area contributed by atoms with Crippen molar-refractivity contribution in [1.82, 2.24) is 0 Å². The molecular formula is C15H15BrN2O2S. The van der Waals surface area contributed by atoms with Crippen LogP contribution < -0.4 is 20.5 Å². The number of nitrogens with two attached hydrogens (primary N) is 1. The number of hydrogen-bond acceptors (Lipinski definition) is 4. The van der Waals surface area contributed by atoms with E-state index in [0.29, 0.717) is 10.7 Å². The Bertz CT molecular complexity index is 677. The fourth-order valence-electron chi connectivity index (χ4n) is 1.82. The van der Waals surface area contributed by atoms with Crippen LogP contribution in [0.4, 0.5) is 11.4 Å². The van der Waals surface area contributed by atoms with Crippen molar-refractivity contribution in [3.8, 4) is 11.5 Å². The Morgan fingerprint density at radius 2 is 1.81 bits per heavy atom. The maximum absolute atomic E-state index is 5.62. The van der Waals surface area contributed by atoms with Gasteiger partial charge in [-0.1, -0.05) is 12.2 Å². The summed E-state index contributed by atoms with van der Waals surface area (Å²) < 4.78 is 11.4. The van der Waals surface area contributed by atoms with Crippen molar-refractivity contribution >= 4 is 44.5 Å². The number of halogens is 1. The highest BCUT2D eigenvalue weighted by Gasteiger charge is 2.08. The normalized spacial score (nSPS) is 10.0. The molecule has 6 heteroatoms. The molecule has 2 aromatic carbocycles. The van der Waals surface area contributed by atoms with Crippen LogP contribution in [0.3, 0.4) is 0 Å². The Kier molecular flexibility index (Phi) is 5.03. The second-order valence-electron chi connectivity index (χ2n) is 4.25. The van der Waals surface area contributed by atoms with Crippen LogP contribution in [0.1, 0.15) is 5.56 Å². The minimum absolute atomic E-state index is 0.365. The SMILES string of the molecule is COc1ccc(Nc2ccc(C(N)=S)cc2Br)c(OC)c1. The molecule has 0 atom stereocenters. The van der Waals surface area contributed by atoms with E-state index in [1.807, 2.05) is 36.4 Å². The average Bonchev–Trinajstić information content (AvgIpc) is 2.49.